The molecule has 0 amide bonds. The van der Waals surface area contributed by atoms with Crippen molar-refractivity contribution in [1.29, 1.82) is 5.26 Å². The number of nitrogens with zero attached hydrogens (tertiary/aromatic N) is 12. The summed E-state index contributed by atoms with van der Waals surface area (Å²) in [6.45, 7) is 3.69. The van der Waals surface area contributed by atoms with Gasteiger partial charge in [-0.2, -0.15) is 5.26 Å². The van der Waals surface area contributed by atoms with Crippen molar-refractivity contribution in [3.05, 3.63) is 236 Å². The smallest absolute Gasteiger partial charge is 0.164 e. The number of para-hydroxylation sites is 2. The van der Waals surface area contributed by atoms with Crippen molar-refractivity contribution >= 4 is 43.6 Å². The SMILES string of the molecule is Cc1nc(C)nc(-c2cc(-n3c4ccccc4c4ccc(-c5nc(-c6ccccc6)nc(-c6ccccc6)n5)cc43)c(-n3c4ccccc4c4ccc(-c5nc(-c6ccccc6)nc(-c6ccccc6)n5)cc43)cc2C#N)n1. The molecule has 78 heavy (non-hydrogen) atoms. The van der Waals surface area contributed by atoms with E-state index in [1.165, 1.54) is 0 Å². The highest BCUT2D eigenvalue weighted by molar-refractivity contribution is 6.12. The fraction of sp³-hybridized carbons (Fsp3) is 0.0303. The maximum atomic E-state index is 11.3. The van der Waals surface area contributed by atoms with Crippen molar-refractivity contribution in [1.82, 2.24) is 54.0 Å². The number of hydrogen-bond donors (Lipinski definition) is 0. The Morgan fingerprint density at radius 1 is 0.295 bits per heavy atom. The largest absolute Gasteiger partial charge is 0.307 e. The lowest BCUT2D eigenvalue weighted by Crippen LogP contribution is -2.07. The Hall–Kier alpha value is -10.9. The summed E-state index contributed by atoms with van der Waals surface area (Å²) in [7, 11) is 0. The Morgan fingerprint density at radius 3 is 1.01 bits per heavy atom. The number of rotatable bonds is 9. The van der Waals surface area contributed by atoms with Crippen molar-refractivity contribution in [2.75, 3.05) is 0 Å². The third-order valence-electron chi connectivity index (χ3n) is 14.1. The van der Waals surface area contributed by atoms with Crippen LogP contribution in [0.1, 0.15) is 17.2 Å². The first kappa shape index (κ1) is 45.7. The molecule has 0 aliphatic heterocycles. The molecule has 0 saturated carbocycles. The van der Waals surface area contributed by atoms with E-state index in [1.807, 2.05) is 147 Å². The molecule has 9 aromatic carbocycles. The van der Waals surface area contributed by atoms with Gasteiger partial charge in [-0.3, -0.25) is 0 Å². The van der Waals surface area contributed by atoms with Gasteiger partial charge in [0.25, 0.3) is 0 Å². The molecule has 5 aromatic heterocycles. The molecule has 5 heterocycles. The molecule has 0 aliphatic rings. The molecule has 0 unspecified atom stereocenters. The van der Waals surface area contributed by atoms with Crippen LogP contribution in [0.4, 0.5) is 0 Å². The maximum absolute atomic E-state index is 11.3. The quantitative estimate of drug-likeness (QED) is 0.137. The predicted octanol–water partition coefficient (Wildman–Crippen LogP) is 14.6. The molecule has 12 nitrogen and oxygen atoms in total. The Morgan fingerprint density at radius 2 is 0.628 bits per heavy atom. The first-order valence-corrected chi connectivity index (χ1v) is 25.5. The molecule has 0 bridgehead atoms. The number of aryl methyl sites for hydroxylation is 2. The lowest BCUT2D eigenvalue weighted by atomic mass is 10.0. The molecule has 0 fully saturated rings. The van der Waals surface area contributed by atoms with Crippen molar-refractivity contribution < 1.29 is 0 Å². The van der Waals surface area contributed by atoms with Crippen LogP contribution in [0.25, 0.3) is 135 Å². The minimum Gasteiger partial charge on any atom is -0.307 e. The lowest BCUT2D eigenvalue weighted by Gasteiger charge is -2.19. The van der Waals surface area contributed by atoms with Crippen LogP contribution in [0, 0.1) is 25.2 Å². The van der Waals surface area contributed by atoms with Crippen LogP contribution in [0.15, 0.2) is 218 Å². The van der Waals surface area contributed by atoms with Crippen LogP contribution < -0.4 is 0 Å². The van der Waals surface area contributed by atoms with E-state index in [1.54, 1.807) is 0 Å². The van der Waals surface area contributed by atoms with Crippen molar-refractivity contribution in [3.63, 3.8) is 0 Å². The molecule has 0 radical (unpaired) electrons. The second kappa shape index (κ2) is 18.8. The van der Waals surface area contributed by atoms with Gasteiger partial charge in [0.05, 0.1) is 45.1 Å². The molecular formula is C66H42N12. The number of aromatic nitrogens is 11. The predicted molar refractivity (Wildman–Crippen MR) is 308 cm³/mol. The maximum Gasteiger partial charge on any atom is 0.164 e. The second-order valence-electron chi connectivity index (χ2n) is 19.0. The van der Waals surface area contributed by atoms with Gasteiger partial charge in [0.2, 0.25) is 0 Å². The van der Waals surface area contributed by atoms with Gasteiger partial charge < -0.3 is 9.13 Å². The molecule has 12 heteroatoms. The van der Waals surface area contributed by atoms with Crippen molar-refractivity contribution in [2.45, 2.75) is 13.8 Å². The van der Waals surface area contributed by atoms with Crippen molar-refractivity contribution in [3.8, 4) is 97.2 Å². The zero-order chi connectivity index (χ0) is 52.3. The zero-order valence-electron chi connectivity index (χ0n) is 42.2. The number of fused-ring (bicyclic) bond motifs is 6. The van der Waals surface area contributed by atoms with Gasteiger partial charge in [0.1, 0.15) is 11.6 Å². The summed E-state index contributed by atoms with van der Waals surface area (Å²) in [5.74, 6) is 4.82. The standard InChI is InChI=1S/C66H42N12/c1-40-68-41(2)70-66(69-40)53-38-59(78-55-30-18-16-28-50(55)52-34-32-47(36-57(52)78)65-75-62(44-23-11-5-12-24-44)72-63(76-65)45-25-13-6-14-26-45)58(37-48(53)39-67)77-54-29-17-15-27-49(54)51-33-31-46(35-56(51)77)64-73-60(42-19-7-3-8-20-42)71-61(74-64)43-21-9-4-10-22-43/h3-38H,1-2H3. The van der Waals surface area contributed by atoms with E-state index < -0.39 is 0 Å². The average Bonchev–Trinajstić information content (AvgIpc) is 4.14. The highest BCUT2D eigenvalue weighted by atomic mass is 15.1. The summed E-state index contributed by atoms with van der Waals surface area (Å²) >= 11 is 0. The van der Waals surface area contributed by atoms with Crippen LogP contribution >= 0.6 is 0 Å². The second-order valence-corrected chi connectivity index (χ2v) is 19.0. The Balaban J connectivity index is 1.06. The van der Waals surface area contributed by atoms with Gasteiger partial charge >= 0.3 is 0 Å². The summed E-state index contributed by atoms with van der Waals surface area (Å²) < 4.78 is 4.53. The van der Waals surface area contributed by atoms with E-state index in [9.17, 15) is 5.26 Å². The summed E-state index contributed by atoms with van der Waals surface area (Å²) in [5, 5.41) is 15.4. The highest BCUT2D eigenvalue weighted by Crippen LogP contribution is 2.42. The summed E-state index contributed by atoms with van der Waals surface area (Å²) in [4.78, 5) is 44.8. The highest BCUT2D eigenvalue weighted by Gasteiger charge is 2.25. The fourth-order valence-corrected chi connectivity index (χ4v) is 10.6. The van der Waals surface area contributed by atoms with Crippen LogP contribution in [0.2, 0.25) is 0 Å². The topological polar surface area (TPSA) is 150 Å². The van der Waals surface area contributed by atoms with Gasteiger partial charge in [-0.1, -0.05) is 182 Å². The van der Waals surface area contributed by atoms with Crippen LogP contribution in [0.5, 0.6) is 0 Å². The van der Waals surface area contributed by atoms with Gasteiger partial charge in [0, 0.05) is 60.5 Å². The molecule has 0 aliphatic carbocycles. The third kappa shape index (κ3) is 7.98. The molecule has 366 valence electrons. The van der Waals surface area contributed by atoms with E-state index in [0.29, 0.717) is 63.5 Å². The van der Waals surface area contributed by atoms with Gasteiger partial charge in [-0.05, 0) is 50.2 Å². The first-order valence-electron chi connectivity index (χ1n) is 25.5. The minimum atomic E-state index is 0.395. The molecule has 0 spiro atoms. The Labute approximate surface area is 447 Å². The molecule has 0 atom stereocenters. The van der Waals surface area contributed by atoms with Gasteiger partial charge in [0.15, 0.2) is 40.8 Å². The molecule has 14 aromatic rings. The monoisotopic (exact) mass is 1000 g/mol. The molecule has 0 N–H and O–H groups in total. The number of nitriles is 1. The van der Waals surface area contributed by atoms with E-state index in [-0.39, 0.29) is 0 Å². The van der Waals surface area contributed by atoms with Crippen LogP contribution in [-0.2, 0) is 0 Å². The summed E-state index contributed by atoms with van der Waals surface area (Å²) in [5.41, 5.74) is 11.3. The van der Waals surface area contributed by atoms with E-state index >= 15 is 0 Å². The molecular weight excluding hydrogens is 961 g/mol. The Bertz CT molecular complexity index is 4570. The van der Waals surface area contributed by atoms with E-state index in [2.05, 4.69) is 105 Å². The van der Waals surface area contributed by atoms with Gasteiger partial charge in [-0.15, -0.1) is 0 Å². The zero-order valence-corrected chi connectivity index (χ0v) is 42.2. The third-order valence-corrected chi connectivity index (χ3v) is 14.1. The molecule has 0 saturated heterocycles. The summed E-state index contributed by atoms with van der Waals surface area (Å²) in [6.07, 6.45) is 0. The van der Waals surface area contributed by atoms with Crippen LogP contribution in [-0.4, -0.2) is 54.0 Å². The average molecular weight is 1000 g/mol. The first-order chi connectivity index (χ1) is 38.4. The normalized spacial score (nSPS) is 11.4. The van der Waals surface area contributed by atoms with Gasteiger partial charge in [-0.25, -0.2) is 44.9 Å². The van der Waals surface area contributed by atoms with Crippen molar-refractivity contribution in [2.24, 2.45) is 0 Å². The van der Waals surface area contributed by atoms with Crippen LogP contribution in [0.3, 0.4) is 0 Å². The molecule has 14 rings (SSSR count). The number of hydrogen-bond acceptors (Lipinski definition) is 10. The van der Waals surface area contributed by atoms with E-state index in [4.69, 9.17) is 39.9 Å². The Kier molecular flexibility index (Phi) is 11.0. The fourth-order valence-electron chi connectivity index (χ4n) is 10.6. The summed E-state index contributed by atoms with van der Waals surface area (Å²) in [6, 6.07) is 76.1. The van der Waals surface area contributed by atoms with E-state index in [0.717, 1.165) is 88.4 Å². The minimum absolute atomic E-state index is 0.395. The lowest BCUT2D eigenvalue weighted by molar-refractivity contribution is 0.927. The number of benzene rings is 9.